The van der Waals surface area contributed by atoms with Crippen LogP contribution in [-0.4, -0.2) is 33.1 Å². The molecule has 0 atom stereocenters. The smallest absolute Gasteiger partial charge is 0.288 e. The minimum atomic E-state index is -0.600. The summed E-state index contributed by atoms with van der Waals surface area (Å²) in [6.45, 7) is 3.50. The lowest BCUT2D eigenvalue weighted by Gasteiger charge is -2.09. The van der Waals surface area contributed by atoms with Gasteiger partial charge < -0.3 is 10.6 Å². The topological polar surface area (TPSA) is 126 Å². The second-order valence-electron chi connectivity index (χ2n) is 4.36. The summed E-state index contributed by atoms with van der Waals surface area (Å²) in [4.78, 5) is 26.4. The number of hydrogen-bond donors (Lipinski definition) is 3. The molecule has 0 unspecified atom stereocenters. The average Bonchev–Trinajstić information content (AvgIpc) is 2.78. The number of pyridine rings is 1. The van der Waals surface area contributed by atoms with Crippen LogP contribution in [0.25, 0.3) is 0 Å². The first-order valence-corrected chi connectivity index (χ1v) is 6.09. The molecule has 0 bridgehead atoms. The first-order valence-electron chi connectivity index (χ1n) is 6.09. The summed E-state index contributed by atoms with van der Waals surface area (Å²) in [5.74, 6) is -0.236. The van der Waals surface area contributed by atoms with Crippen molar-refractivity contribution in [1.29, 1.82) is 0 Å². The fourth-order valence-corrected chi connectivity index (χ4v) is 1.84. The lowest BCUT2D eigenvalue weighted by molar-refractivity contribution is -0.385. The van der Waals surface area contributed by atoms with Crippen molar-refractivity contribution in [3.05, 3.63) is 39.3 Å². The number of nitrogens with zero attached hydrogens (tertiary/aromatic N) is 3. The SMILES string of the molecule is CNc1ncc([N+](=O)[O-])cc1C(=O)Nc1c(C)n[nH]c1C. The van der Waals surface area contributed by atoms with Crippen LogP contribution in [0.5, 0.6) is 0 Å². The number of carbonyl (C=O) groups excluding carboxylic acids is 1. The number of carbonyl (C=O) groups is 1. The Hall–Kier alpha value is -2.97. The molecule has 0 saturated heterocycles. The molecule has 110 valence electrons. The van der Waals surface area contributed by atoms with Gasteiger partial charge in [-0.05, 0) is 13.8 Å². The Morgan fingerprint density at radius 3 is 2.67 bits per heavy atom. The molecule has 0 fully saturated rings. The monoisotopic (exact) mass is 290 g/mol. The lowest BCUT2D eigenvalue weighted by Crippen LogP contribution is -2.16. The van der Waals surface area contributed by atoms with E-state index in [9.17, 15) is 14.9 Å². The van der Waals surface area contributed by atoms with E-state index < -0.39 is 10.8 Å². The fraction of sp³-hybridized carbons (Fsp3) is 0.250. The van der Waals surface area contributed by atoms with E-state index in [-0.39, 0.29) is 17.1 Å². The molecule has 2 aromatic rings. The van der Waals surface area contributed by atoms with Crippen LogP contribution in [0.15, 0.2) is 12.3 Å². The standard InChI is InChI=1S/C12H14N6O3/c1-6-10(7(2)17-16-6)15-12(19)9-4-8(18(20)21)5-14-11(9)13-3/h4-5H,1-3H3,(H,13,14)(H,15,19)(H,16,17). The van der Waals surface area contributed by atoms with Crippen molar-refractivity contribution in [1.82, 2.24) is 15.2 Å². The Morgan fingerprint density at radius 1 is 1.43 bits per heavy atom. The van der Waals surface area contributed by atoms with Crippen molar-refractivity contribution >= 4 is 23.1 Å². The molecule has 21 heavy (non-hydrogen) atoms. The van der Waals surface area contributed by atoms with Gasteiger partial charge in [-0.2, -0.15) is 5.10 Å². The van der Waals surface area contributed by atoms with Crippen molar-refractivity contribution in [3.8, 4) is 0 Å². The first-order chi connectivity index (χ1) is 9.93. The van der Waals surface area contributed by atoms with Gasteiger partial charge in [0.1, 0.15) is 12.0 Å². The summed E-state index contributed by atoms with van der Waals surface area (Å²) in [5.41, 5.74) is 1.72. The molecule has 2 aromatic heterocycles. The number of hydrogen-bond acceptors (Lipinski definition) is 6. The largest absolute Gasteiger partial charge is 0.372 e. The number of H-pyrrole nitrogens is 1. The zero-order valence-electron chi connectivity index (χ0n) is 11.7. The summed E-state index contributed by atoms with van der Waals surface area (Å²) in [6.07, 6.45) is 1.09. The zero-order chi connectivity index (χ0) is 15.6. The van der Waals surface area contributed by atoms with E-state index in [4.69, 9.17) is 0 Å². The molecule has 0 saturated carbocycles. The number of aryl methyl sites for hydroxylation is 2. The van der Waals surface area contributed by atoms with Crippen molar-refractivity contribution in [2.45, 2.75) is 13.8 Å². The maximum atomic E-state index is 12.3. The molecule has 9 heteroatoms. The molecule has 0 aliphatic rings. The van der Waals surface area contributed by atoms with Crippen LogP contribution in [0, 0.1) is 24.0 Å². The van der Waals surface area contributed by atoms with Gasteiger partial charge in [-0.3, -0.25) is 20.0 Å². The molecule has 0 radical (unpaired) electrons. The Kier molecular flexibility index (Phi) is 3.83. The third-order valence-corrected chi connectivity index (χ3v) is 2.93. The van der Waals surface area contributed by atoms with Gasteiger partial charge >= 0.3 is 0 Å². The summed E-state index contributed by atoms with van der Waals surface area (Å²) in [5, 5.41) is 22.9. The van der Waals surface area contributed by atoms with Crippen molar-refractivity contribution in [3.63, 3.8) is 0 Å². The van der Waals surface area contributed by atoms with Crippen LogP contribution in [0.3, 0.4) is 0 Å². The highest BCUT2D eigenvalue weighted by Crippen LogP contribution is 2.22. The Morgan fingerprint density at radius 2 is 2.14 bits per heavy atom. The number of aromatic amines is 1. The highest BCUT2D eigenvalue weighted by Gasteiger charge is 2.19. The van der Waals surface area contributed by atoms with E-state index in [1.165, 1.54) is 6.07 Å². The second kappa shape index (κ2) is 5.57. The Balaban J connectivity index is 2.38. The van der Waals surface area contributed by atoms with Crippen LogP contribution in [0.1, 0.15) is 21.7 Å². The van der Waals surface area contributed by atoms with E-state index >= 15 is 0 Å². The normalized spacial score (nSPS) is 10.2. The summed E-state index contributed by atoms with van der Waals surface area (Å²) in [6, 6.07) is 1.18. The molecular formula is C12H14N6O3. The van der Waals surface area contributed by atoms with Gasteiger partial charge in [0.05, 0.1) is 27.6 Å². The maximum Gasteiger partial charge on any atom is 0.288 e. The number of rotatable bonds is 4. The van der Waals surface area contributed by atoms with Gasteiger partial charge in [-0.25, -0.2) is 4.98 Å². The maximum absolute atomic E-state index is 12.3. The van der Waals surface area contributed by atoms with Crippen LogP contribution in [0.2, 0.25) is 0 Å². The number of nitrogens with one attached hydrogen (secondary N) is 3. The van der Waals surface area contributed by atoms with Crippen LogP contribution < -0.4 is 10.6 Å². The highest BCUT2D eigenvalue weighted by molar-refractivity contribution is 6.08. The van der Waals surface area contributed by atoms with Gasteiger partial charge in [0, 0.05) is 13.1 Å². The summed E-state index contributed by atoms with van der Waals surface area (Å²) < 4.78 is 0. The van der Waals surface area contributed by atoms with Gasteiger partial charge in [0.25, 0.3) is 11.6 Å². The summed E-state index contributed by atoms with van der Waals surface area (Å²) in [7, 11) is 1.58. The number of amides is 1. The van der Waals surface area contributed by atoms with Crippen LogP contribution in [0.4, 0.5) is 17.2 Å². The molecule has 9 nitrogen and oxygen atoms in total. The highest BCUT2D eigenvalue weighted by atomic mass is 16.6. The molecule has 2 rings (SSSR count). The third kappa shape index (κ3) is 2.81. The minimum Gasteiger partial charge on any atom is -0.372 e. The van der Waals surface area contributed by atoms with Gasteiger partial charge in [-0.1, -0.05) is 0 Å². The van der Waals surface area contributed by atoms with E-state index in [0.717, 1.165) is 6.20 Å². The number of aromatic nitrogens is 3. The minimum absolute atomic E-state index is 0.0895. The number of anilines is 2. The fourth-order valence-electron chi connectivity index (χ4n) is 1.84. The molecule has 1 amide bonds. The van der Waals surface area contributed by atoms with Gasteiger partial charge in [-0.15, -0.1) is 0 Å². The number of nitro groups is 1. The molecule has 0 spiro atoms. The predicted molar refractivity (Wildman–Crippen MR) is 76.5 cm³/mol. The van der Waals surface area contributed by atoms with E-state index in [2.05, 4.69) is 25.8 Å². The molecule has 3 N–H and O–H groups in total. The molecule has 0 aliphatic carbocycles. The van der Waals surface area contributed by atoms with Crippen LogP contribution >= 0.6 is 0 Å². The second-order valence-corrected chi connectivity index (χ2v) is 4.36. The van der Waals surface area contributed by atoms with E-state index in [0.29, 0.717) is 17.1 Å². The molecule has 0 aromatic carbocycles. The Bertz CT molecular complexity index is 690. The van der Waals surface area contributed by atoms with Gasteiger partial charge in [0.15, 0.2) is 0 Å². The Labute approximate surface area is 119 Å². The average molecular weight is 290 g/mol. The van der Waals surface area contributed by atoms with E-state index in [1.54, 1.807) is 20.9 Å². The van der Waals surface area contributed by atoms with Crippen LogP contribution in [-0.2, 0) is 0 Å². The van der Waals surface area contributed by atoms with Gasteiger partial charge in [0.2, 0.25) is 0 Å². The van der Waals surface area contributed by atoms with E-state index in [1.807, 2.05) is 0 Å². The third-order valence-electron chi connectivity index (χ3n) is 2.93. The zero-order valence-corrected chi connectivity index (χ0v) is 11.7. The summed E-state index contributed by atoms with van der Waals surface area (Å²) >= 11 is 0. The molecule has 2 heterocycles. The molecule has 0 aliphatic heterocycles. The quantitative estimate of drug-likeness (QED) is 0.580. The lowest BCUT2D eigenvalue weighted by atomic mass is 10.2. The van der Waals surface area contributed by atoms with Crippen molar-refractivity contribution in [2.75, 3.05) is 17.7 Å². The molecular weight excluding hydrogens is 276 g/mol. The van der Waals surface area contributed by atoms with Crippen molar-refractivity contribution < 1.29 is 9.72 Å². The first kappa shape index (κ1) is 14.4. The predicted octanol–water partition coefficient (Wildman–Crippen LogP) is 1.62. The van der Waals surface area contributed by atoms with Crippen molar-refractivity contribution in [2.24, 2.45) is 0 Å².